The van der Waals surface area contributed by atoms with Crippen molar-refractivity contribution < 1.29 is 9.66 Å². The van der Waals surface area contributed by atoms with Gasteiger partial charge in [0.15, 0.2) is 0 Å². The van der Waals surface area contributed by atoms with Crippen molar-refractivity contribution in [2.45, 2.75) is 58.6 Å². The summed E-state index contributed by atoms with van der Waals surface area (Å²) in [7, 11) is 0. The van der Waals surface area contributed by atoms with Gasteiger partial charge in [-0.3, -0.25) is 10.1 Å². The lowest BCUT2D eigenvalue weighted by molar-refractivity contribution is -0.384. The Balaban J connectivity index is 2.01. The fraction of sp³-hybridized carbons (Fsp3) is 0.786. The van der Waals surface area contributed by atoms with Crippen molar-refractivity contribution in [1.82, 2.24) is 9.78 Å². The zero-order chi connectivity index (χ0) is 15.2. The van der Waals surface area contributed by atoms with Crippen LogP contribution in [0.25, 0.3) is 0 Å². The molecule has 118 valence electrons. The molecule has 1 unspecified atom stereocenters. The number of nitrogens with zero attached hydrogens (tertiary/aromatic N) is 3. The van der Waals surface area contributed by atoms with Gasteiger partial charge in [0.2, 0.25) is 5.82 Å². The quantitative estimate of drug-likeness (QED) is 0.618. The van der Waals surface area contributed by atoms with Crippen molar-refractivity contribution in [3.8, 4) is 0 Å². The normalized spacial score (nSPS) is 18.7. The summed E-state index contributed by atoms with van der Waals surface area (Å²) in [4.78, 5) is 10.9. The maximum Gasteiger partial charge on any atom is 0.333 e. The highest BCUT2D eigenvalue weighted by Gasteiger charge is 2.25. The Morgan fingerprint density at radius 2 is 2.33 bits per heavy atom. The maximum atomic E-state index is 11.2. The first kappa shape index (κ1) is 15.8. The Kier molecular flexibility index (Phi) is 5.55. The second-order valence-corrected chi connectivity index (χ2v) is 5.47. The first-order valence-corrected chi connectivity index (χ1v) is 7.70. The van der Waals surface area contributed by atoms with Crippen molar-refractivity contribution in [3.63, 3.8) is 0 Å². The Morgan fingerprint density at radius 3 is 2.95 bits per heavy atom. The molecule has 0 bridgehead atoms. The van der Waals surface area contributed by atoms with Crippen LogP contribution in [0.2, 0.25) is 0 Å². The van der Waals surface area contributed by atoms with Crippen molar-refractivity contribution in [2.75, 3.05) is 18.5 Å². The number of anilines is 1. The summed E-state index contributed by atoms with van der Waals surface area (Å²) in [6.45, 7) is 5.89. The third kappa shape index (κ3) is 3.93. The Hall–Kier alpha value is -1.63. The number of ether oxygens (including phenoxy) is 1. The predicted molar refractivity (Wildman–Crippen MR) is 80.6 cm³/mol. The maximum absolute atomic E-state index is 11.2. The average molecular weight is 296 g/mol. The number of aromatic nitrogens is 2. The van der Waals surface area contributed by atoms with Crippen LogP contribution < -0.4 is 5.32 Å². The van der Waals surface area contributed by atoms with E-state index in [0.29, 0.717) is 24.6 Å². The molecule has 1 aromatic heterocycles. The molecule has 7 heteroatoms. The molecule has 21 heavy (non-hydrogen) atoms. The van der Waals surface area contributed by atoms with Crippen LogP contribution in [0.1, 0.15) is 44.7 Å². The van der Waals surface area contributed by atoms with Crippen LogP contribution in [-0.4, -0.2) is 34.0 Å². The molecule has 0 aliphatic carbocycles. The zero-order valence-corrected chi connectivity index (χ0v) is 12.8. The summed E-state index contributed by atoms with van der Waals surface area (Å²) in [6.07, 6.45) is 5.45. The van der Waals surface area contributed by atoms with E-state index in [1.807, 2.05) is 6.92 Å². The van der Waals surface area contributed by atoms with Gasteiger partial charge in [-0.2, -0.15) is 5.10 Å². The summed E-state index contributed by atoms with van der Waals surface area (Å²) in [6, 6.07) is 0. The lowest BCUT2D eigenvalue weighted by atomic mass is 10.1. The van der Waals surface area contributed by atoms with Gasteiger partial charge >= 0.3 is 5.69 Å². The van der Waals surface area contributed by atoms with Gasteiger partial charge in [0, 0.05) is 19.7 Å². The molecule has 0 aromatic carbocycles. The van der Waals surface area contributed by atoms with Crippen LogP contribution in [0.15, 0.2) is 0 Å². The minimum atomic E-state index is -0.353. The average Bonchev–Trinajstić information content (AvgIpc) is 2.76. The number of nitrogens with one attached hydrogen (secondary N) is 1. The van der Waals surface area contributed by atoms with Crippen LogP contribution in [0.4, 0.5) is 11.5 Å². The summed E-state index contributed by atoms with van der Waals surface area (Å²) in [5.74, 6) is 0.523. The molecule has 0 amide bonds. The third-order valence-electron chi connectivity index (χ3n) is 3.75. The Labute approximate surface area is 124 Å². The lowest BCUT2D eigenvalue weighted by Crippen LogP contribution is -2.22. The highest BCUT2D eigenvalue weighted by molar-refractivity contribution is 5.59. The molecule has 0 saturated carbocycles. The minimum absolute atomic E-state index is 0.0908. The minimum Gasteiger partial charge on any atom is -0.378 e. The van der Waals surface area contributed by atoms with Gasteiger partial charge in [-0.05, 0) is 39.0 Å². The van der Waals surface area contributed by atoms with E-state index in [2.05, 4.69) is 10.4 Å². The molecule has 1 aromatic rings. The largest absolute Gasteiger partial charge is 0.378 e. The van der Waals surface area contributed by atoms with E-state index in [0.717, 1.165) is 32.3 Å². The number of rotatable bonds is 7. The molecule has 1 aliphatic rings. The molecule has 1 N–H and O–H groups in total. The standard InChI is InChI=1S/C14H24N4O3/c1-3-9-17-14(13(18(19)20)11(2)16-17)15-8-7-12-6-4-5-10-21-12/h12,15H,3-10H2,1-2H3. The fourth-order valence-corrected chi connectivity index (χ4v) is 2.73. The molecule has 2 rings (SSSR count). The second-order valence-electron chi connectivity index (χ2n) is 5.47. The van der Waals surface area contributed by atoms with E-state index >= 15 is 0 Å². The van der Waals surface area contributed by atoms with E-state index in [9.17, 15) is 10.1 Å². The van der Waals surface area contributed by atoms with Crippen LogP contribution in [0.5, 0.6) is 0 Å². The van der Waals surface area contributed by atoms with Crippen molar-refractivity contribution in [3.05, 3.63) is 15.8 Å². The SMILES string of the molecule is CCCn1nc(C)c([N+](=O)[O-])c1NCCC1CCCCO1. The number of aryl methyl sites for hydroxylation is 2. The van der Waals surface area contributed by atoms with Crippen molar-refractivity contribution in [1.29, 1.82) is 0 Å². The van der Waals surface area contributed by atoms with E-state index in [1.165, 1.54) is 6.42 Å². The summed E-state index contributed by atoms with van der Waals surface area (Å²) in [5.41, 5.74) is 0.554. The molecule has 1 atom stereocenters. The number of hydrogen-bond acceptors (Lipinski definition) is 5. The van der Waals surface area contributed by atoms with Crippen LogP contribution in [-0.2, 0) is 11.3 Å². The third-order valence-corrected chi connectivity index (χ3v) is 3.75. The van der Waals surface area contributed by atoms with E-state index < -0.39 is 0 Å². The number of nitro groups is 1. The van der Waals surface area contributed by atoms with Gasteiger partial charge in [0.25, 0.3) is 0 Å². The van der Waals surface area contributed by atoms with E-state index in [-0.39, 0.29) is 16.7 Å². The monoisotopic (exact) mass is 296 g/mol. The van der Waals surface area contributed by atoms with Crippen LogP contribution >= 0.6 is 0 Å². The van der Waals surface area contributed by atoms with Gasteiger partial charge in [-0.1, -0.05) is 6.92 Å². The van der Waals surface area contributed by atoms with Crippen molar-refractivity contribution >= 4 is 11.5 Å². The molecule has 1 fully saturated rings. The lowest BCUT2D eigenvalue weighted by Gasteiger charge is -2.22. The molecule has 2 heterocycles. The van der Waals surface area contributed by atoms with Crippen molar-refractivity contribution in [2.24, 2.45) is 0 Å². The summed E-state index contributed by atoms with van der Waals surface area (Å²) < 4.78 is 7.38. The molecular weight excluding hydrogens is 272 g/mol. The predicted octanol–water partition coefficient (Wildman–Crippen LogP) is 2.88. The molecule has 1 aliphatic heterocycles. The first-order chi connectivity index (χ1) is 10.1. The Bertz CT molecular complexity index is 481. The topological polar surface area (TPSA) is 82.2 Å². The number of hydrogen-bond donors (Lipinski definition) is 1. The first-order valence-electron chi connectivity index (χ1n) is 7.70. The van der Waals surface area contributed by atoms with Crippen LogP contribution in [0.3, 0.4) is 0 Å². The highest BCUT2D eigenvalue weighted by Crippen LogP contribution is 2.28. The Morgan fingerprint density at radius 1 is 1.52 bits per heavy atom. The van der Waals surface area contributed by atoms with Gasteiger partial charge < -0.3 is 10.1 Å². The molecule has 7 nitrogen and oxygen atoms in total. The van der Waals surface area contributed by atoms with Gasteiger partial charge in [0.05, 0.1) is 11.0 Å². The second kappa shape index (κ2) is 7.40. The fourth-order valence-electron chi connectivity index (χ4n) is 2.73. The zero-order valence-electron chi connectivity index (χ0n) is 12.8. The summed E-state index contributed by atoms with van der Waals surface area (Å²) in [5, 5.41) is 18.7. The van der Waals surface area contributed by atoms with Gasteiger partial charge in [-0.25, -0.2) is 4.68 Å². The highest BCUT2D eigenvalue weighted by atomic mass is 16.6. The molecule has 0 radical (unpaired) electrons. The van der Waals surface area contributed by atoms with Gasteiger partial charge in [-0.15, -0.1) is 0 Å². The van der Waals surface area contributed by atoms with Crippen LogP contribution in [0, 0.1) is 17.0 Å². The molecule has 1 saturated heterocycles. The molecule has 0 spiro atoms. The van der Waals surface area contributed by atoms with E-state index in [1.54, 1.807) is 11.6 Å². The van der Waals surface area contributed by atoms with Gasteiger partial charge in [0.1, 0.15) is 5.69 Å². The smallest absolute Gasteiger partial charge is 0.333 e. The van der Waals surface area contributed by atoms with E-state index in [4.69, 9.17) is 4.74 Å². The molecular formula is C14H24N4O3. The summed E-state index contributed by atoms with van der Waals surface area (Å²) >= 11 is 0.